The fraction of sp³-hybridized carbons (Fsp3) is 0.222. The molecule has 0 bridgehead atoms. The summed E-state index contributed by atoms with van der Waals surface area (Å²) in [4.78, 5) is 4.51. The summed E-state index contributed by atoms with van der Waals surface area (Å²) in [5.41, 5.74) is 1.09. The van der Waals surface area contributed by atoms with Gasteiger partial charge in [0.15, 0.2) is 0 Å². The van der Waals surface area contributed by atoms with Crippen LogP contribution >= 0.6 is 11.8 Å². The number of methoxy groups -OCH3 is 1. The van der Waals surface area contributed by atoms with Crippen molar-refractivity contribution in [2.45, 2.75) is 3.90 Å². The molecule has 1 heterocycles. The van der Waals surface area contributed by atoms with Gasteiger partial charge in [0, 0.05) is 0 Å². The summed E-state index contributed by atoms with van der Waals surface area (Å²) < 4.78 is 7.74. The zero-order valence-electron chi connectivity index (χ0n) is 7.40. The average Bonchev–Trinajstić information content (AvgIpc) is 2.58. The van der Waals surface area contributed by atoms with E-state index in [-0.39, 0.29) is 0 Å². The monoisotopic (exact) mass is 259 g/mol. The van der Waals surface area contributed by atoms with Gasteiger partial charge >= 0.3 is 87.0 Å². The van der Waals surface area contributed by atoms with Crippen LogP contribution in [-0.4, -0.2) is 32.9 Å². The molecule has 2 nitrogen and oxygen atoms in total. The molecule has 0 N–H and O–H groups in total. The second kappa shape index (κ2) is 3.74. The van der Waals surface area contributed by atoms with Crippen LogP contribution in [0.5, 0.6) is 5.75 Å². The first-order valence-electron chi connectivity index (χ1n) is 3.82. The van der Waals surface area contributed by atoms with Crippen LogP contribution < -0.4 is 4.74 Å². The van der Waals surface area contributed by atoms with Crippen molar-refractivity contribution < 1.29 is 4.74 Å². The van der Waals surface area contributed by atoms with Crippen LogP contribution in [0.1, 0.15) is 0 Å². The Balaban J connectivity index is 2.57. The van der Waals surface area contributed by atoms with E-state index < -0.39 is 0 Å². The van der Waals surface area contributed by atoms with Gasteiger partial charge in [-0.05, 0) is 0 Å². The van der Waals surface area contributed by atoms with Gasteiger partial charge < -0.3 is 0 Å². The van der Waals surface area contributed by atoms with E-state index in [1.54, 1.807) is 18.9 Å². The number of benzene rings is 1. The van der Waals surface area contributed by atoms with E-state index in [0.717, 1.165) is 11.3 Å². The Kier molecular flexibility index (Phi) is 2.63. The second-order valence-corrected chi connectivity index (χ2v) is 6.06. The maximum absolute atomic E-state index is 5.14. The van der Waals surface area contributed by atoms with Gasteiger partial charge in [0.05, 0.1) is 0 Å². The van der Waals surface area contributed by atoms with Crippen LogP contribution in [0.2, 0.25) is 0 Å². The van der Waals surface area contributed by atoms with Gasteiger partial charge in [-0.15, -0.1) is 0 Å². The van der Waals surface area contributed by atoms with E-state index in [4.69, 9.17) is 4.74 Å². The number of rotatable bonds is 2. The number of aromatic nitrogens is 1. The number of hydrogen-bond acceptors (Lipinski definition) is 3. The van der Waals surface area contributed by atoms with E-state index in [0.29, 0.717) is 14.5 Å². The number of fused-ring (bicyclic) bond motifs is 1. The molecule has 0 spiro atoms. The van der Waals surface area contributed by atoms with Crippen LogP contribution in [0.3, 0.4) is 0 Å². The molecular formula is C9H9NOSSe. The minimum atomic E-state index is 0.418. The van der Waals surface area contributed by atoms with Gasteiger partial charge in [-0.25, -0.2) is 0 Å². The average molecular weight is 258 g/mol. The molecule has 0 unspecified atom stereocenters. The van der Waals surface area contributed by atoms with E-state index in [9.17, 15) is 0 Å². The van der Waals surface area contributed by atoms with E-state index >= 15 is 0 Å². The zero-order chi connectivity index (χ0) is 9.26. The summed E-state index contributed by atoms with van der Waals surface area (Å²) in [5, 5.41) is 0. The van der Waals surface area contributed by atoms with E-state index in [1.165, 1.54) is 8.16 Å². The fourth-order valence-corrected chi connectivity index (χ4v) is 3.79. The SMILES string of the molecule is COc1ccc2[se]c(SC)nc2c1. The normalized spacial score (nSPS) is 10.6. The Labute approximate surface area is 87.1 Å². The fourth-order valence-electron chi connectivity index (χ4n) is 1.10. The van der Waals surface area contributed by atoms with Gasteiger partial charge in [-0.3, -0.25) is 0 Å². The first-order valence-corrected chi connectivity index (χ1v) is 6.76. The van der Waals surface area contributed by atoms with Crippen molar-refractivity contribution in [3.63, 3.8) is 0 Å². The van der Waals surface area contributed by atoms with Crippen molar-refractivity contribution in [1.29, 1.82) is 0 Å². The van der Waals surface area contributed by atoms with Gasteiger partial charge in [0.25, 0.3) is 0 Å². The molecule has 68 valence electrons. The molecule has 0 fully saturated rings. The molecule has 0 amide bonds. The molecule has 0 saturated heterocycles. The standard InChI is InChI=1S/C9H9NOSSe/c1-11-6-3-4-8-7(5-6)10-9(12-2)13-8/h3-5H,1-2H3. The van der Waals surface area contributed by atoms with Crippen LogP contribution in [0.15, 0.2) is 22.1 Å². The number of nitrogens with zero attached hydrogens (tertiary/aromatic N) is 1. The predicted molar refractivity (Wildman–Crippen MR) is 57.0 cm³/mol. The quantitative estimate of drug-likeness (QED) is 0.607. The molecule has 0 saturated carbocycles. The first kappa shape index (κ1) is 9.13. The Morgan fingerprint density at radius 2 is 2.31 bits per heavy atom. The van der Waals surface area contributed by atoms with Crippen molar-refractivity contribution in [3.05, 3.63) is 18.2 Å². The Morgan fingerprint density at radius 3 is 3.00 bits per heavy atom. The molecule has 0 radical (unpaired) electrons. The number of hydrogen-bond donors (Lipinski definition) is 0. The van der Waals surface area contributed by atoms with Gasteiger partial charge in [0.2, 0.25) is 0 Å². The molecule has 4 heteroatoms. The van der Waals surface area contributed by atoms with Crippen LogP contribution in [0, 0.1) is 0 Å². The topological polar surface area (TPSA) is 22.1 Å². The minimum absolute atomic E-state index is 0.418. The summed E-state index contributed by atoms with van der Waals surface area (Å²) in [6.45, 7) is 0. The molecule has 0 aliphatic carbocycles. The Bertz CT molecular complexity index is 424. The van der Waals surface area contributed by atoms with Crippen molar-refractivity contribution in [2.75, 3.05) is 13.4 Å². The predicted octanol–water partition coefficient (Wildman–Crippen LogP) is 2.02. The van der Waals surface area contributed by atoms with Crippen molar-refractivity contribution in [2.24, 2.45) is 0 Å². The van der Waals surface area contributed by atoms with Gasteiger partial charge in [-0.2, -0.15) is 0 Å². The summed E-state index contributed by atoms with van der Waals surface area (Å²) in [5.74, 6) is 0.889. The van der Waals surface area contributed by atoms with Crippen LogP contribution in [0.25, 0.3) is 9.78 Å². The Morgan fingerprint density at radius 1 is 1.46 bits per heavy atom. The Hall–Kier alpha value is -0.441. The molecule has 0 aliphatic rings. The maximum atomic E-state index is 5.14. The third-order valence-electron chi connectivity index (χ3n) is 1.75. The molecule has 13 heavy (non-hydrogen) atoms. The molecule has 0 atom stereocenters. The summed E-state index contributed by atoms with van der Waals surface area (Å²) in [7, 11) is 1.68. The zero-order valence-corrected chi connectivity index (χ0v) is 9.93. The molecule has 1 aromatic carbocycles. The van der Waals surface area contributed by atoms with Gasteiger partial charge in [-0.1, -0.05) is 0 Å². The van der Waals surface area contributed by atoms with Crippen molar-refractivity contribution in [3.8, 4) is 5.75 Å². The van der Waals surface area contributed by atoms with E-state index in [2.05, 4.69) is 17.3 Å². The second-order valence-electron chi connectivity index (χ2n) is 2.52. The van der Waals surface area contributed by atoms with Crippen LogP contribution in [0.4, 0.5) is 0 Å². The third-order valence-corrected chi connectivity index (χ3v) is 5.42. The molecule has 2 rings (SSSR count). The molecule has 1 aromatic heterocycles. The third kappa shape index (κ3) is 1.75. The van der Waals surface area contributed by atoms with E-state index in [1.807, 2.05) is 12.1 Å². The van der Waals surface area contributed by atoms with Gasteiger partial charge in [0.1, 0.15) is 0 Å². The summed E-state index contributed by atoms with van der Waals surface area (Å²) in [6, 6.07) is 6.11. The number of thioether (sulfide) groups is 1. The molecule has 0 aliphatic heterocycles. The van der Waals surface area contributed by atoms with Crippen molar-refractivity contribution in [1.82, 2.24) is 4.98 Å². The molecule has 2 aromatic rings. The van der Waals surface area contributed by atoms with Crippen molar-refractivity contribution >= 4 is 36.0 Å². The molecular weight excluding hydrogens is 249 g/mol. The first-order chi connectivity index (χ1) is 6.33. The number of ether oxygens (including phenoxy) is 1. The van der Waals surface area contributed by atoms with Crippen LogP contribution in [-0.2, 0) is 0 Å². The summed E-state index contributed by atoms with van der Waals surface area (Å²) >= 11 is 2.16. The summed E-state index contributed by atoms with van der Waals surface area (Å²) in [6.07, 6.45) is 2.07.